The molecule has 1 aromatic carbocycles. The Morgan fingerprint density at radius 1 is 1.15 bits per heavy atom. The van der Waals surface area contributed by atoms with Crippen LogP contribution in [0, 0.1) is 6.92 Å². The molecule has 0 saturated heterocycles. The standard InChI is InChI=1S/C14H16ClN3O2/c1-8-4-14(17-7-10(8)16)18-11-5-9(15)12(19-2)6-13(11)20-3/h4-7H,16H2,1-3H3,(H,17,18). The molecule has 1 heterocycles. The van der Waals surface area contributed by atoms with Gasteiger partial charge in [0.15, 0.2) is 0 Å². The van der Waals surface area contributed by atoms with E-state index in [4.69, 9.17) is 26.8 Å². The molecule has 0 fully saturated rings. The Morgan fingerprint density at radius 2 is 1.85 bits per heavy atom. The summed E-state index contributed by atoms with van der Waals surface area (Å²) in [4.78, 5) is 4.22. The molecular formula is C14H16ClN3O2. The highest BCUT2D eigenvalue weighted by Gasteiger charge is 2.11. The van der Waals surface area contributed by atoms with Gasteiger partial charge >= 0.3 is 0 Å². The van der Waals surface area contributed by atoms with Crippen LogP contribution in [0.3, 0.4) is 0 Å². The first-order valence-corrected chi connectivity index (χ1v) is 6.33. The van der Waals surface area contributed by atoms with Gasteiger partial charge in [-0.3, -0.25) is 0 Å². The maximum Gasteiger partial charge on any atom is 0.146 e. The molecule has 106 valence electrons. The molecule has 2 rings (SSSR count). The van der Waals surface area contributed by atoms with Crippen molar-refractivity contribution in [2.24, 2.45) is 0 Å². The highest BCUT2D eigenvalue weighted by atomic mass is 35.5. The van der Waals surface area contributed by atoms with Crippen molar-refractivity contribution in [1.82, 2.24) is 4.98 Å². The van der Waals surface area contributed by atoms with Crippen LogP contribution in [0.1, 0.15) is 5.56 Å². The summed E-state index contributed by atoms with van der Waals surface area (Å²) in [6.45, 7) is 1.92. The molecule has 0 amide bonds. The number of halogens is 1. The fourth-order valence-electron chi connectivity index (χ4n) is 1.73. The van der Waals surface area contributed by atoms with Crippen LogP contribution in [-0.4, -0.2) is 19.2 Å². The Morgan fingerprint density at radius 3 is 2.45 bits per heavy atom. The molecule has 20 heavy (non-hydrogen) atoms. The lowest BCUT2D eigenvalue weighted by atomic mass is 10.2. The smallest absolute Gasteiger partial charge is 0.146 e. The monoisotopic (exact) mass is 293 g/mol. The Labute approximate surface area is 122 Å². The fraction of sp³-hybridized carbons (Fsp3) is 0.214. The van der Waals surface area contributed by atoms with E-state index in [-0.39, 0.29) is 0 Å². The van der Waals surface area contributed by atoms with Crippen LogP contribution in [0.2, 0.25) is 5.02 Å². The molecule has 0 radical (unpaired) electrons. The van der Waals surface area contributed by atoms with E-state index in [1.807, 2.05) is 13.0 Å². The van der Waals surface area contributed by atoms with Crippen molar-refractivity contribution in [1.29, 1.82) is 0 Å². The van der Waals surface area contributed by atoms with Gasteiger partial charge in [0, 0.05) is 6.07 Å². The Hall–Kier alpha value is -2.14. The summed E-state index contributed by atoms with van der Waals surface area (Å²) in [5.74, 6) is 1.83. The minimum absolute atomic E-state index is 0.489. The number of methoxy groups -OCH3 is 2. The zero-order chi connectivity index (χ0) is 14.7. The molecule has 0 saturated carbocycles. The second kappa shape index (κ2) is 5.88. The lowest BCUT2D eigenvalue weighted by molar-refractivity contribution is 0.396. The predicted molar refractivity (Wildman–Crippen MR) is 81.2 cm³/mol. The largest absolute Gasteiger partial charge is 0.495 e. The molecule has 1 aromatic heterocycles. The van der Waals surface area contributed by atoms with Gasteiger partial charge < -0.3 is 20.5 Å². The molecular weight excluding hydrogens is 278 g/mol. The molecule has 0 unspecified atom stereocenters. The van der Waals surface area contributed by atoms with E-state index in [9.17, 15) is 0 Å². The van der Waals surface area contributed by atoms with Gasteiger partial charge in [0.05, 0.1) is 36.8 Å². The van der Waals surface area contributed by atoms with Crippen LogP contribution in [0.15, 0.2) is 24.4 Å². The minimum Gasteiger partial charge on any atom is -0.495 e. The van der Waals surface area contributed by atoms with Crippen LogP contribution < -0.4 is 20.5 Å². The number of anilines is 3. The SMILES string of the molecule is COc1cc(OC)c(Nc2cc(C)c(N)cn2)cc1Cl. The van der Waals surface area contributed by atoms with Gasteiger partial charge in [-0.05, 0) is 24.6 Å². The molecule has 5 nitrogen and oxygen atoms in total. The number of pyridine rings is 1. The summed E-state index contributed by atoms with van der Waals surface area (Å²) in [7, 11) is 3.13. The Bertz CT molecular complexity index is 632. The summed E-state index contributed by atoms with van der Waals surface area (Å²) < 4.78 is 10.5. The Kier molecular flexibility index (Phi) is 4.20. The van der Waals surface area contributed by atoms with Gasteiger partial charge in [-0.1, -0.05) is 11.6 Å². The highest BCUT2D eigenvalue weighted by Crippen LogP contribution is 2.37. The van der Waals surface area contributed by atoms with Crippen molar-refractivity contribution >= 4 is 28.8 Å². The first kappa shape index (κ1) is 14.3. The zero-order valence-electron chi connectivity index (χ0n) is 11.5. The number of aryl methyl sites for hydroxylation is 1. The van der Waals surface area contributed by atoms with Crippen molar-refractivity contribution in [3.05, 3.63) is 35.0 Å². The van der Waals surface area contributed by atoms with E-state index >= 15 is 0 Å². The topological polar surface area (TPSA) is 69.4 Å². The molecule has 0 spiro atoms. The van der Waals surface area contributed by atoms with Crippen molar-refractivity contribution in [2.45, 2.75) is 6.92 Å². The molecule has 6 heteroatoms. The van der Waals surface area contributed by atoms with Crippen LogP contribution in [0.4, 0.5) is 17.2 Å². The molecule has 3 N–H and O–H groups in total. The van der Waals surface area contributed by atoms with E-state index in [1.165, 1.54) is 0 Å². The number of hydrogen-bond donors (Lipinski definition) is 2. The third-order valence-electron chi connectivity index (χ3n) is 2.89. The summed E-state index contributed by atoms with van der Waals surface area (Å²) in [5, 5.41) is 3.64. The van der Waals surface area contributed by atoms with Gasteiger partial charge in [-0.15, -0.1) is 0 Å². The van der Waals surface area contributed by atoms with E-state index < -0.39 is 0 Å². The molecule has 0 aliphatic rings. The van der Waals surface area contributed by atoms with Gasteiger partial charge in [-0.25, -0.2) is 4.98 Å². The third kappa shape index (κ3) is 2.88. The lowest BCUT2D eigenvalue weighted by Crippen LogP contribution is -1.99. The average molecular weight is 294 g/mol. The number of ether oxygens (including phenoxy) is 2. The molecule has 0 bridgehead atoms. The fourth-order valence-corrected chi connectivity index (χ4v) is 1.97. The summed E-state index contributed by atoms with van der Waals surface area (Å²) in [6.07, 6.45) is 1.61. The number of rotatable bonds is 4. The van der Waals surface area contributed by atoms with Gasteiger partial charge in [0.2, 0.25) is 0 Å². The summed E-state index contributed by atoms with van der Waals surface area (Å²) in [5.41, 5.74) is 8.05. The first-order valence-electron chi connectivity index (χ1n) is 5.95. The van der Waals surface area contributed by atoms with Crippen molar-refractivity contribution in [3.8, 4) is 11.5 Å². The number of nitrogen functional groups attached to an aromatic ring is 1. The zero-order valence-corrected chi connectivity index (χ0v) is 12.3. The highest BCUT2D eigenvalue weighted by molar-refractivity contribution is 6.32. The molecule has 0 aliphatic carbocycles. The van der Waals surface area contributed by atoms with Crippen LogP contribution in [-0.2, 0) is 0 Å². The number of hydrogen-bond acceptors (Lipinski definition) is 5. The van der Waals surface area contributed by atoms with E-state index in [1.54, 1.807) is 32.5 Å². The van der Waals surface area contributed by atoms with Crippen LogP contribution in [0.25, 0.3) is 0 Å². The van der Waals surface area contributed by atoms with E-state index in [0.29, 0.717) is 33.7 Å². The summed E-state index contributed by atoms with van der Waals surface area (Å²) >= 11 is 6.12. The summed E-state index contributed by atoms with van der Waals surface area (Å²) in [6, 6.07) is 5.30. The number of nitrogens with one attached hydrogen (secondary N) is 1. The second-order valence-corrected chi connectivity index (χ2v) is 4.65. The average Bonchev–Trinajstić information content (AvgIpc) is 2.43. The molecule has 0 aliphatic heterocycles. The van der Waals surface area contributed by atoms with Gasteiger partial charge in [-0.2, -0.15) is 0 Å². The van der Waals surface area contributed by atoms with Crippen molar-refractivity contribution in [2.75, 3.05) is 25.3 Å². The Balaban J connectivity index is 2.37. The molecule has 2 aromatic rings. The van der Waals surface area contributed by atoms with E-state index in [0.717, 1.165) is 5.56 Å². The lowest BCUT2D eigenvalue weighted by Gasteiger charge is -2.14. The van der Waals surface area contributed by atoms with Crippen LogP contribution >= 0.6 is 11.6 Å². The van der Waals surface area contributed by atoms with E-state index in [2.05, 4.69) is 10.3 Å². The number of nitrogens with zero attached hydrogens (tertiary/aromatic N) is 1. The quantitative estimate of drug-likeness (QED) is 0.904. The number of benzene rings is 1. The maximum atomic E-state index is 6.12. The minimum atomic E-state index is 0.489. The van der Waals surface area contributed by atoms with Gasteiger partial charge in [0.1, 0.15) is 17.3 Å². The van der Waals surface area contributed by atoms with Gasteiger partial charge in [0.25, 0.3) is 0 Å². The van der Waals surface area contributed by atoms with Crippen molar-refractivity contribution in [3.63, 3.8) is 0 Å². The second-order valence-electron chi connectivity index (χ2n) is 4.24. The normalized spacial score (nSPS) is 10.2. The maximum absolute atomic E-state index is 6.12. The number of nitrogens with two attached hydrogens (primary N) is 1. The van der Waals surface area contributed by atoms with Crippen molar-refractivity contribution < 1.29 is 9.47 Å². The van der Waals surface area contributed by atoms with Crippen LogP contribution in [0.5, 0.6) is 11.5 Å². The first-order chi connectivity index (χ1) is 9.55. The predicted octanol–water partition coefficient (Wildman–Crippen LogP) is 3.39. The molecule has 0 atom stereocenters. The number of aromatic nitrogens is 1. The third-order valence-corrected chi connectivity index (χ3v) is 3.18.